The van der Waals surface area contributed by atoms with Crippen molar-refractivity contribution in [1.29, 1.82) is 0 Å². The van der Waals surface area contributed by atoms with Crippen molar-refractivity contribution in [2.75, 3.05) is 20.3 Å². The largest absolute Gasteiger partial charge is 0.493 e. The molecule has 0 spiro atoms. The summed E-state index contributed by atoms with van der Waals surface area (Å²) in [6.45, 7) is 3.41. The Morgan fingerprint density at radius 1 is 1.29 bits per heavy atom. The van der Waals surface area contributed by atoms with Crippen LogP contribution >= 0.6 is 0 Å². The molecule has 0 bridgehead atoms. The summed E-state index contributed by atoms with van der Waals surface area (Å²) in [5, 5.41) is 0. The molecule has 1 aromatic carbocycles. The molecule has 3 heteroatoms. The molecular formula is C14H21NO2. The fourth-order valence-electron chi connectivity index (χ4n) is 2.16. The highest BCUT2D eigenvalue weighted by molar-refractivity contribution is 5.43. The molecule has 1 aromatic rings. The Morgan fingerprint density at radius 3 is 2.59 bits per heavy atom. The summed E-state index contributed by atoms with van der Waals surface area (Å²) in [7, 11) is 1.68. The number of rotatable bonds is 6. The van der Waals surface area contributed by atoms with Crippen LogP contribution in [0.5, 0.6) is 11.5 Å². The van der Waals surface area contributed by atoms with Crippen LogP contribution in [0.4, 0.5) is 0 Å². The first-order valence-electron chi connectivity index (χ1n) is 6.23. The second-order valence-corrected chi connectivity index (χ2v) is 4.80. The van der Waals surface area contributed by atoms with E-state index < -0.39 is 0 Å². The first kappa shape index (κ1) is 12.2. The van der Waals surface area contributed by atoms with E-state index in [1.54, 1.807) is 7.11 Å². The van der Waals surface area contributed by atoms with Gasteiger partial charge in [-0.05, 0) is 55.8 Å². The van der Waals surface area contributed by atoms with Gasteiger partial charge in [-0.15, -0.1) is 0 Å². The standard InChI is InChI=1S/C14H21NO2/c1-3-17-12-5-4-11(8-13(12)16-2)9-14(10-15)6-7-14/h4-5,8H,3,6-7,9-10,15H2,1-2H3. The van der Waals surface area contributed by atoms with Gasteiger partial charge in [-0.3, -0.25) is 0 Å². The van der Waals surface area contributed by atoms with Crippen LogP contribution in [0.2, 0.25) is 0 Å². The summed E-state index contributed by atoms with van der Waals surface area (Å²) in [5.74, 6) is 1.63. The average molecular weight is 235 g/mol. The lowest BCUT2D eigenvalue weighted by molar-refractivity contribution is 0.310. The Labute approximate surface area is 103 Å². The van der Waals surface area contributed by atoms with Crippen molar-refractivity contribution in [3.8, 4) is 11.5 Å². The summed E-state index contributed by atoms with van der Waals surface area (Å²) >= 11 is 0. The predicted octanol–water partition coefficient (Wildman–Crippen LogP) is 2.38. The van der Waals surface area contributed by atoms with Crippen molar-refractivity contribution in [3.05, 3.63) is 23.8 Å². The molecule has 3 nitrogen and oxygen atoms in total. The number of nitrogens with two attached hydrogens (primary N) is 1. The Balaban J connectivity index is 2.13. The number of hydrogen-bond donors (Lipinski definition) is 1. The maximum Gasteiger partial charge on any atom is 0.161 e. The first-order valence-corrected chi connectivity index (χ1v) is 6.23. The fraction of sp³-hybridized carbons (Fsp3) is 0.571. The molecule has 0 aromatic heterocycles. The molecule has 0 aliphatic heterocycles. The summed E-state index contributed by atoms with van der Waals surface area (Å²) in [4.78, 5) is 0. The molecule has 0 unspecified atom stereocenters. The number of methoxy groups -OCH3 is 1. The zero-order valence-corrected chi connectivity index (χ0v) is 10.7. The Hall–Kier alpha value is -1.22. The number of benzene rings is 1. The fourth-order valence-corrected chi connectivity index (χ4v) is 2.16. The number of ether oxygens (including phenoxy) is 2. The smallest absolute Gasteiger partial charge is 0.161 e. The van der Waals surface area contributed by atoms with Crippen LogP contribution in [0.25, 0.3) is 0 Å². The van der Waals surface area contributed by atoms with Crippen molar-refractivity contribution in [1.82, 2.24) is 0 Å². The number of hydrogen-bond acceptors (Lipinski definition) is 3. The molecule has 0 heterocycles. The Morgan fingerprint density at radius 2 is 2.06 bits per heavy atom. The topological polar surface area (TPSA) is 44.5 Å². The monoisotopic (exact) mass is 235 g/mol. The third-order valence-corrected chi connectivity index (χ3v) is 3.50. The van der Waals surface area contributed by atoms with E-state index in [4.69, 9.17) is 15.2 Å². The highest BCUT2D eigenvalue weighted by Crippen LogP contribution is 2.47. The minimum absolute atomic E-state index is 0.359. The van der Waals surface area contributed by atoms with E-state index in [1.165, 1.54) is 18.4 Å². The summed E-state index contributed by atoms with van der Waals surface area (Å²) in [6, 6.07) is 6.17. The minimum atomic E-state index is 0.359. The van der Waals surface area contributed by atoms with Gasteiger partial charge >= 0.3 is 0 Å². The van der Waals surface area contributed by atoms with Gasteiger partial charge in [0.1, 0.15) is 0 Å². The molecule has 0 amide bonds. The molecule has 2 rings (SSSR count). The van der Waals surface area contributed by atoms with Crippen molar-refractivity contribution in [2.24, 2.45) is 11.1 Å². The lowest BCUT2D eigenvalue weighted by Gasteiger charge is -2.15. The molecule has 0 atom stereocenters. The molecule has 2 N–H and O–H groups in total. The summed E-state index contributed by atoms with van der Waals surface area (Å²) in [6.07, 6.45) is 3.55. The molecule has 1 saturated carbocycles. The lowest BCUT2D eigenvalue weighted by Crippen LogP contribution is -2.17. The van der Waals surface area contributed by atoms with Gasteiger partial charge in [0.15, 0.2) is 11.5 Å². The van der Waals surface area contributed by atoms with Crippen molar-refractivity contribution in [2.45, 2.75) is 26.2 Å². The quantitative estimate of drug-likeness (QED) is 0.823. The van der Waals surface area contributed by atoms with Gasteiger partial charge in [0.2, 0.25) is 0 Å². The highest BCUT2D eigenvalue weighted by Gasteiger charge is 2.40. The minimum Gasteiger partial charge on any atom is -0.493 e. The Kier molecular flexibility index (Phi) is 3.57. The Bertz CT molecular complexity index is 386. The lowest BCUT2D eigenvalue weighted by atomic mass is 9.96. The molecular weight excluding hydrogens is 214 g/mol. The van der Waals surface area contributed by atoms with E-state index in [0.29, 0.717) is 12.0 Å². The van der Waals surface area contributed by atoms with Gasteiger partial charge in [-0.25, -0.2) is 0 Å². The highest BCUT2D eigenvalue weighted by atomic mass is 16.5. The zero-order valence-electron chi connectivity index (χ0n) is 10.7. The van der Waals surface area contributed by atoms with E-state index in [1.807, 2.05) is 13.0 Å². The van der Waals surface area contributed by atoms with Crippen LogP contribution in [-0.4, -0.2) is 20.3 Å². The van der Waals surface area contributed by atoms with Gasteiger partial charge in [0, 0.05) is 0 Å². The van der Waals surface area contributed by atoms with Crippen LogP contribution in [0.15, 0.2) is 18.2 Å². The maximum atomic E-state index is 5.81. The van der Waals surface area contributed by atoms with Crippen molar-refractivity contribution >= 4 is 0 Å². The molecule has 1 aliphatic carbocycles. The van der Waals surface area contributed by atoms with Crippen LogP contribution in [-0.2, 0) is 6.42 Å². The van der Waals surface area contributed by atoms with Gasteiger partial charge in [0.25, 0.3) is 0 Å². The molecule has 1 fully saturated rings. The maximum absolute atomic E-state index is 5.81. The summed E-state index contributed by atoms with van der Waals surface area (Å²) in [5.41, 5.74) is 7.45. The van der Waals surface area contributed by atoms with E-state index in [0.717, 1.165) is 24.5 Å². The first-order chi connectivity index (χ1) is 8.23. The normalized spacial score (nSPS) is 16.6. The van der Waals surface area contributed by atoms with E-state index >= 15 is 0 Å². The van der Waals surface area contributed by atoms with E-state index in [-0.39, 0.29) is 0 Å². The van der Waals surface area contributed by atoms with Crippen LogP contribution < -0.4 is 15.2 Å². The molecule has 0 saturated heterocycles. The van der Waals surface area contributed by atoms with Crippen LogP contribution in [0, 0.1) is 5.41 Å². The zero-order chi connectivity index (χ0) is 12.3. The average Bonchev–Trinajstić information content (AvgIpc) is 3.12. The molecule has 1 aliphatic rings. The predicted molar refractivity (Wildman–Crippen MR) is 68.6 cm³/mol. The van der Waals surface area contributed by atoms with Crippen molar-refractivity contribution < 1.29 is 9.47 Å². The third-order valence-electron chi connectivity index (χ3n) is 3.50. The molecule has 0 radical (unpaired) electrons. The van der Waals surface area contributed by atoms with Gasteiger partial charge in [-0.1, -0.05) is 6.07 Å². The summed E-state index contributed by atoms with van der Waals surface area (Å²) < 4.78 is 10.9. The SMILES string of the molecule is CCOc1ccc(CC2(CN)CC2)cc1OC. The third kappa shape index (κ3) is 2.72. The second kappa shape index (κ2) is 4.96. The van der Waals surface area contributed by atoms with Gasteiger partial charge in [-0.2, -0.15) is 0 Å². The molecule has 94 valence electrons. The van der Waals surface area contributed by atoms with Crippen LogP contribution in [0.1, 0.15) is 25.3 Å². The van der Waals surface area contributed by atoms with E-state index in [2.05, 4.69) is 12.1 Å². The van der Waals surface area contributed by atoms with Crippen LogP contribution in [0.3, 0.4) is 0 Å². The van der Waals surface area contributed by atoms with Gasteiger partial charge in [0.05, 0.1) is 13.7 Å². The molecule has 17 heavy (non-hydrogen) atoms. The van der Waals surface area contributed by atoms with E-state index in [9.17, 15) is 0 Å². The second-order valence-electron chi connectivity index (χ2n) is 4.80. The van der Waals surface area contributed by atoms with Crippen molar-refractivity contribution in [3.63, 3.8) is 0 Å². The van der Waals surface area contributed by atoms with Gasteiger partial charge < -0.3 is 15.2 Å².